The molecule has 0 atom stereocenters. The number of hydrogen-bond donors (Lipinski definition) is 2. The zero-order chi connectivity index (χ0) is 17.8. The number of rotatable bonds is 5. The summed E-state index contributed by atoms with van der Waals surface area (Å²) in [6, 6.07) is 9.17. The summed E-state index contributed by atoms with van der Waals surface area (Å²) in [5.74, 6) is 1.11. The van der Waals surface area contributed by atoms with Gasteiger partial charge in [0.15, 0.2) is 16.6 Å². The van der Waals surface area contributed by atoms with E-state index in [4.69, 9.17) is 21.7 Å². The fourth-order valence-electron chi connectivity index (χ4n) is 2.29. The van der Waals surface area contributed by atoms with E-state index in [2.05, 4.69) is 10.6 Å². The molecule has 25 heavy (non-hydrogen) atoms. The second kappa shape index (κ2) is 7.22. The largest absolute Gasteiger partial charge is 0.872 e. The Morgan fingerprint density at radius 1 is 1.12 bits per heavy atom. The van der Waals surface area contributed by atoms with Crippen molar-refractivity contribution < 1.29 is 19.5 Å². The summed E-state index contributed by atoms with van der Waals surface area (Å²) in [5.41, 5.74) is 1.10. The molecule has 2 N–H and O–H groups in total. The standard InChI is InChI=1S/C16H15N3O5S/c20-13-3-2-12(19(21)22)6-11(13)8-18-16(25)17-7-10-1-4-14-15(5-10)24-9-23-14/h1-6,20H,7-9H2,(H2,17,18,25)/p-1. The molecule has 2 aromatic rings. The van der Waals surface area contributed by atoms with Crippen LogP contribution in [0.15, 0.2) is 36.4 Å². The molecule has 8 nitrogen and oxygen atoms in total. The van der Waals surface area contributed by atoms with Crippen LogP contribution in [0.25, 0.3) is 0 Å². The van der Waals surface area contributed by atoms with Crippen LogP contribution in [-0.2, 0) is 13.1 Å². The Kier molecular flexibility index (Phi) is 4.85. The first kappa shape index (κ1) is 16.8. The number of ether oxygens (including phenoxy) is 2. The van der Waals surface area contributed by atoms with Gasteiger partial charge in [-0.2, -0.15) is 0 Å². The average molecular weight is 360 g/mol. The highest BCUT2D eigenvalue weighted by Gasteiger charge is 2.13. The van der Waals surface area contributed by atoms with Crippen molar-refractivity contribution >= 4 is 23.0 Å². The minimum atomic E-state index is -0.543. The zero-order valence-corrected chi connectivity index (χ0v) is 13.8. The normalized spacial score (nSPS) is 11.8. The van der Waals surface area contributed by atoms with Crippen LogP contribution < -0.4 is 25.2 Å². The molecule has 0 aliphatic carbocycles. The van der Waals surface area contributed by atoms with Crippen LogP contribution >= 0.6 is 12.2 Å². The van der Waals surface area contributed by atoms with E-state index >= 15 is 0 Å². The summed E-state index contributed by atoms with van der Waals surface area (Å²) in [5, 5.41) is 28.7. The third kappa shape index (κ3) is 4.07. The Morgan fingerprint density at radius 2 is 1.88 bits per heavy atom. The number of nitro benzene ring substituents is 1. The fourth-order valence-corrected chi connectivity index (χ4v) is 2.43. The molecule has 2 aromatic carbocycles. The number of hydrogen-bond acceptors (Lipinski definition) is 6. The Balaban J connectivity index is 1.53. The van der Waals surface area contributed by atoms with Crippen molar-refractivity contribution in [3.63, 3.8) is 0 Å². The van der Waals surface area contributed by atoms with Gasteiger partial charge in [0.05, 0.1) is 4.92 Å². The van der Waals surface area contributed by atoms with Crippen molar-refractivity contribution in [2.75, 3.05) is 6.79 Å². The van der Waals surface area contributed by atoms with Gasteiger partial charge in [-0.3, -0.25) is 10.1 Å². The maximum atomic E-state index is 11.7. The molecule has 0 radical (unpaired) electrons. The van der Waals surface area contributed by atoms with Gasteiger partial charge in [-0.15, -0.1) is 5.75 Å². The third-order valence-electron chi connectivity index (χ3n) is 3.58. The Morgan fingerprint density at radius 3 is 2.68 bits per heavy atom. The number of nitro groups is 1. The quantitative estimate of drug-likeness (QED) is 0.470. The molecule has 0 unspecified atom stereocenters. The highest BCUT2D eigenvalue weighted by Crippen LogP contribution is 2.32. The first-order chi connectivity index (χ1) is 12.0. The predicted octanol–water partition coefficient (Wildman–Crippen LogP) is 1.56. The van der Waals surface area contributed by atoms with Crippen molar-refractivity contribution in [3.05, 3.63) is 57.6 Å². The smallest absolute Gasteiger partial charge is 0.269 e. The van der Waals surface area contributed by atoms with E-state index in [0.29, 0.717) is 23.2 Å². The number of nitrogens with zero attached hydrogens (tertiary/aromatic N) is 1. The average Bonchev–Trinajstić information content (AvgIpc) is 3.06. The lowest BCUT2D eigenvalue weighted by Crippen LogP contribution is -2.34. The number of non-ortho nitro benzene ring substituents is 1. The van der Waals surface area contributed by atoms with E-state index < -0.39 is 4.92 Å². The zero-order valence-electron chi connectivity index (χ0n) is 13.0. The summed E-state index contributed by atoms with van der Waals surface area (Å²) in [6.07, 6.45) is 0. The summed E-state index contributed by atoms with van der Waals surface area (Å²) in [7, 11) is 0. The van der Waals surface area contributed by atoms with E-state index in [-0.39, 0.29) is 30.3 Å². The van der Waals surface area contributed by atoms with Crippen LogP contribution in [0.1, 0.15) is 11.1 Å². The van der Waals surface area contributed by atoms with Gasteiger partial charge in [0.1, 0.15) is 0 Å². The molecule has 0 saturated heterocycles. The van der Waals surface area contributed by atoms with Crippen LogP contribution in [0.2, 0.25) is 0 Å². The molecule has 0 spiro atoms. The topological polar surface area (TPSA) is 109 Å². The first-order valence-corrected chi connectivity index (χ1v) is 7.78. The summed E-state index contributed by atoms with van der Waals surface area (Å²) >= 11 is 5.17. The van der Waals surface area contributed by atoms with Crippen LogP contribution in [0, 0.1) is 10.1 Å². The monoisotopic (exact) mass is 360 g/mol. The summed E-state index contributed by atoms with van der Waals surface area (Å²) in [4.78, 5) is 10.2. The van der Waals surface area contributed by atoms with Gasteiger partial charge in [0.25, 0.3) is 5.69 Å². The van der Waals surface area contributed by atoms with Crippen molar-refractivity contribution in [3.8, 4) is 17.2 Å². The van der Waals surface area contributed by atoms with Crippen LogP contribution in [-0.4, -0.2) is 16.8 Å². The highest BCUT2D eigenvalue weighted by atomic mass is 32.1. The summed E-state index contributed by atoms with van der Waals surface area (Å²) < 4.78 is 10.6. The molecule has 1 heterocycles. The number of nitrogens with one attached hydrogen (secondary N) is 2. The third-order valence-corrected chi connectivity index (χ3v) is 3.87. The maximum Gasteiger partial charge on any atom is 0.269 e. The lowest BCUT2D eigenvalue weighted by atomic mass is 10.2. The SMILES string of the molecule is O=[N+]([O-])c1ccc([O-])c(CNC(=S)NCc2ccc3c(c2)OCO3)c1. The van der Waals surface area contributed by atoms with Gasteiger partial charge < -0.3 is 25.2 Å². The Bertz CT molecular complexity index is 827. The molecule has 1 aliphatic rings. The van der Waals surface area contributed by atoms with Crippen LogP contribution in [0.5, 0.6) is 17.2 Å². The molecular weight excluding hydrogens is 346 g/mol. The minimum absolute atomic E-state index is 0.105. The summed E-state index contributed by atoms with van der Waals surface area (Å²) in [6.45, 7) is 0.780. The molecule has 3 rings (SSSR count). The van der Waals surface area contributed by atoms with E-state index in [1.807, 2.05) is 18.2 Å². The fraction of sp³-hybridized carbons (Fsp3) is 0.188. The Hall–Kier alpha value is -3.07. The van der Waals surface area contributed by atoms with Gasteiger partial charge in [-0.1, -0.05) is 12.1 Å². The molecule has 9 heteroatoms. The van der Waals surface area contributed by atoms with Crippen molar-refractivity contribution in [2.45, 2.75) is 13.1 Å². The van der Waals surface area contributed by atoms with Crippen molar-refractivity contribution in [1.82, 2.24) is 10.6 Å². The van der Waals surface area contributed by atoms with Gasteiger partial charge in [0.2, 0.25) is 6.79 Å². The number of fused-ring (bicyclic) bond motifs is 1. The molecule has 0 bridgehead atoms. The number of benzene rings is 2. The minimum Gasteiger partial charge on any atom is -0.872 e. The lowest BCUT2D eigenvalue weighted by molar-refractivity contribution is -0.385. The molecule has 0 aromatic heterocycles. The van der Waals surface area contributed by atoms with E-state index in [1.54, 1.807) is 0 Å². The highest BCUT2D eigenvalue weighted by molar-refractivity contribution is 7.80. The van der Waals surface area contributed by atoms with Gasteiger partial charge in [-0.25, -0.2) is 0 Å². The Labute approximate surface area is 148 Å². The van der Waals surface area contributed by atoms with Crippen LogP contribution in [0.4, 0.5) is 5.69 Å². The molecule has 0 amide bonds. The molecular formula is C16H14N3O5S-. The molecule has 1 aliphatic heterocycles. The van der Waals surface area contributed by atoms with Gasteiger partial charge in [0, 0.05) is 25.2 Å². The van der Waals surface area contributed by atoms with Crippen molar-refractivity contribution in [1.29, 1.82) is 0 Å². The lowest BCUT2D eigenvalue weighted by Gasteiger charge is -2.15. The van der Waals surface area contributed by atoms with Gasteiger partial charge in [-0.05, 0) is 35.5 Å². The first-order valence-electron chi connectivity index (χ1n) is 7.37. The van der Waals surface area contributed by atoms with E-state index in [0.717, 1.165) is 5.56 Å². The van der Waals surface area contributed by atoms with Crippen molar-refractivity contribution in [2.24, 2.45) is 0 Å². The van der Waals surface area contributed by atoms with E-state index in [1.165, 1.54) is 18.2 Å². The maximum absolute atomic E-state index is 11.7. The second-order valence-corrected chi connectivity index (χ2v) is 5.68. The molecule has 0 saturated carbocycles. The van der Waals surface area contributed by atoms with Gasteiger partial charge >= 0.3 is 0 Å². The van der Waals surface area contributed by atoms with E-state index in [9.17, 15) is 15.2 Å². The molecule has 130 valence electrons. The second-order valence-electron chi connectivity index (χ2n) is 5.27. The number of thiocarbonyl (C=S) groups is 1. The molecule has 0 fully saturated rings. The predicted molar refractivity (Wildman–Crippen MR) is 91.4 cm³/mol. The van der Waals surface area contributed by atoms with Crippen LogP contribution in [0.3, 0.4) is 0 Å².